The molecule has 0 spiro atoms. The predicted octanol–water partition coefficient (Wildman–Crippen LogP) is -0.146. The fraction of sp³-hybridized carbons (Fsp3) is 0.500. The van der Waals surface area contributed by atoms with Gasteiger partial charge in [0.1, 0.15) is 12.1 Å². The summed E-state index contributed by atoms with van der Waals surface area (Å²) in [5.74, 6) is 1.40. The number of aliphatic hydroxyl groups excluding tert-OH is 1. The number of hydrogen-bond acceptors (Lipinski definition) is 6. The molecule has 0 aliphatic rings. The van der Waals surface area contributed by atoms with E-state index in [0.717, 1.165) is 11.5 Å². The molecule has 0 fully saturated rings. The van der Waals surface area contributed by atoms with Crippen LogP contribution in [-0.2, 0) is 4.74 Å². The molecule has 0 saturated heterocycles. The molecule has 92 valence electrons. The number of aryl methyl sites for hydroxylation is 1. The smallest absolute Gasteiger partial charge is 0.254 e. The second-order valence-corrected chi connectivity index (χ2v) is 3.52. The molecule has 2 N–H and O–H groups in total. The number of ether oxygens (including phenoxy) is 1. The second-order valence-electron chi connectivity index (χ2n) is 3.52. The van der Waals surface area contributed by atoms with Crippen LogP contribution in [0.25, 0.3) is 5.78 Å². The zero-order valence-electron chi connectivity index (χ0n) is 9.63. The lowest BCUT2D eigenvalue weighted by atomic mass is 10.4. The Morgan fingerprint density at radius 3 is 3.18 bits per heavy atom. The third-order valence-electron chi connectivity index (χ3n) is 2.17. The van der Waals surface area contributed by atoms with Crippen LogP contribution in [0.3, 0.4) is 0 Å². The normalized spacial score (nSPS) is 10.9. The van der Waals surface area contributed by atoms with Crippen LogP contribution in [0, 0.1) is 6.92 Å². The van der Waals surface area contributed by atoms with Gasteiger partial charge in [0.2, 0.25) is 0 Å². The van der Waals surface area contributed by atoms with E-state index >= 15 is 0 Å². The first-order chi connectivity index (χ1) is 8.31. The van der Waals surface area contributed by atoms with E-state index in [-0.39, 0.29) is 6.61 Å². The fourth-order valence-electron chi connectivity index (χ4n) is 1.47. The summed E-state index contributed by atoms with van der Waals surface area (Å²) >= 11 is 0. The average molecular weight is 237 g/mol. The lowest BCUT2D eigenvalue weighted by Gasteiger charge is -2.08. The number of aliphatic hydroxyl groups is 1. The van der Waals surface area contributed by atoms with Crippen LogP contribution in [-0.4, -0.2) is 51.1 Å². The summed E-state index contributed by atoms with van der Waals surface area (Å²) in [6, 6.07) is 1.90. The Morgan fingerprint density at radius 1 is 1.47 bits per heavy atom. The van der Waals surface area contributed by atoms with Crippen LogP contribution in [0.2, 0.25) is 0 Å². The quantitative estimate of drug-likeness (QED) is 0.680. The summed E-state index contributed by atoms with van der Waals surface area (Å²) in [6.07, 6.45) is 1.47. The van der Waals surface area contributed by atoms with E-state index in [0.29, 0.717) is 25.5 Å². The molecule has 17 heavy (non-hydrogen) atoms. The maximum atomic E-state index is 8.56. The second kappa shape index (κ2) is 5.55. The first kappa shape index (κ1) is 11.7. The van der Waals surface area contributed by atoms with Gasteiger partial charge >= 0.3 is 0 Å². The molecular formula is C10H15N5O2. The fourth-order valence-corrected chi connectivity index (χ4v) is 1.47. The Balaban J connectivity index is 2.00. The minimum absolute atomic E-state index is 0.0433. The van der Waals surface area contributed by atoms with Gasteiger partial charge in [-0.1, -0.05) is 0 Å². The molecule has 0 aromatic carbocycles. The Morgan fingerprint density at radius 2 is 2.35 bits per heavy atom. The summed E-state index contributed by atoms with van der Waals surface area (Å²) in [5, 5.41) is 15.8. The van der Waals surface area contributed by atoms with Crippen molar-refractivity contribution in [3.63, 3.8) is 0 Å². The van der Waals surface area contributed by atoms with E-state index in [4.69, 9.17) is 9.84 Å². The van der Waals surface area contributed by atoms with E-state index in [1.165, 1.54) is 6.33 Å². The number of nitrogens with zero attached hydrogens (tertiary/aromatic N) is 4. The van der Waals surface area contributed by atoms with Crippen LogP contribution >= 0.6 is 0 Å². The highest BCUT2D eigenvalue weighted by Gasteiger charge is 2.04. The number of aromatic nitrogens is 4. The van der Waals surface area contributed by atoms with Crippen molar-refractivity contribution in [1.82, 2.24) is 19.6 Å². The Kier molecular flexibility index (Phi) is 3.84. The summed E-state index contributed by atoms with van der Waals surface area (Å²) in [5.41, 5.74) is 0.879. The van der Waals surface area contributed by atoms with E-state index < -0.39 is 0 Å². The third-order valence-corrected chi connectivity index (χ3v) is 2.17. The van der Waals surface area contributed by atoms with Crippen LogP contribution in [0.1, 0.15) is 5.69 Å². The first-order valence-electron chi connectivity index (χ1n) is 5.41. The van der Waals surface area contributed by atoms with Crippen LogP contribution in [0.4, 0.5) is 5.82 Å². The molecule has 2 aromatic rings. The van der Waals surface area contributed by atoms with E-state index in [2.05, 4.69) is 20.4 Å². The molecule has 7 nitrogen and oxygen atoms in total. The number of hydrogen-bond donors (Lipinski definition) is 2. The van der Waals surface area contributed by atoms with Gasteiger partial charge in [-0.25, -0.2) is 4.98 Å². The standard InChI is InChI=1S/C10H15N5O2/c1-8-6-9(11-2-4-17-5-3-16)15-10(14-8)12-7-13-15/h6-7,11,16H,2-5H2,1H3. The lowest BCUT2D eigenvalue weighted by Crippen LogP contribution is -2.14. The van der Waals surface area contributed by atoms with Crippen molar-refractivity contribution in [3.8, 4) is 0 Å². The molecule has 2 rings (SSSR count). The predicted molar refractivity (Wildman–Crippen MR) is 61.9 cm³/mol. The highest BCUT2D eigenvalue weighted by atomic mass is 16.5. The van der Waals surface area contributed by atoms with E-state index in [1.54, 1.807) is 4.52 Å². The molecule has 2 aromatic heterocycles. The zero-order valence-corrected chi connectivity index (χ0v) is 9.63. The SMILES string of the molecule is Cc1cc(NCCOCCO)n2ncnc2n1. The molecule has 0 saturated carbocycles. The third kappa shape index (κ3) is 2.89. The Bertz CT molecular complexity index is 485. The minimum Gasteiger partial charge on any atom is -0.394 e. The van der Waals surface area contributed by atoms with Crippen LogP contribution < -0.4 is 5.32 Å². The van der Waals surface area contributed by atoms with Gasteiger partial charge in [-0.3, -0.25) is 0 Å². The van der Waals surface area contributed by atoms with Gasteiger partial charge in [0.05, 0.1) is 19.8 Å². The average Bonchev–Trinajstić information content (AvgIpc) is 2.76. The molecular weight excluding hydrogens is 222 g/mol. The lowest BCUT2D eigenvalue weighted by molar-refractivity contribution is 0.0991. The zero-order chi connectivity index (χ0) is 12.1. The molecule has 7 heteroatoms. The van der Waals surface area contributed by atoms with Crippen molar-refractivity contribution in [2.75, 3.05) is 31.7 Å². The van der Waals surface area contributed by atoms with Crippen molar-refractivity contribution in [3.05, 3.63) is 18.1 Å². The molecule has 0 aliphatic carbocycles. The van der Waals surface area contributed by atoms with E-state index in [1.807, 2.05) is 13.0 Å². The Labute approximate surface area is 98.5 Å². The minimum atomic E-state index is 0.0433. The largest absolute Gasteiger partial charge is 0.394 e. The molecule has 0 bridgehead atoms. The van der Waals surface area contributed by atoms with Gasteiger partial charge in [0.25, 0.3) is 5.78 Å². The van der Waals surface area contributed by atoms with Crippen molar-refractivity contribution >= 4 is 11.6 Å². The monoisotopic (exact) mass is 237 g/mol. The summed E-state index contributed by atoms with van der Waals surface area (Å²) in [6.45, 7) is 3.47. The molecule has 0 amide bonds. The highest BCUT2D eigenvalue weighted by molar-refractivity contribution is 5.44. The van der Waals surface area contributed by atoms with Gasteiger partial charge in [0, 0.05) is 18.3 Å². The van der Waals surface area contributed by atoms with Crippen LogP contribution in [0.15, 0.2) is 12.4 Å². The van der Waals surface area contributed by atoms with Crippen molar-refractivity contribution in [2.45, 2.75) is 6.92 Å². The summed E-state index contributed by atoms with van der Waals surface area (Å²) in [7, 11) is 0. The van der Waals surface area contributed by atoms with Gasteiger partial charge in [0.15, 0.2) is 0 Å². The topological polar surface area (TPSA) is 84.6 Å². The van der Waals surface area contributed by atoms with Gasteiger partial charge in [-0.2, -0.15) is 14.6 Å². The van der Waals surface area contributed by atoms with Gasteiger partial charge in [-0.05, 0) is 6.92 Å². The van der Waals surface area contributed by atoms with Crippen LogP contribution in [0.5, 0.6) is 0 Å². The number of nitrogens with one attached hydrogen (secondary N) is 1. The number of anilines is 1. The van der Waals surface area contributed by atoms with Crippen molar-refractivity contribution in [2.24, 2.45) is 0 Å². The van der Waals surface area contributed by atoms with Crippen molar-refractivity contribution in [1.29, 1.82) is 0 Å². The van der Waals surface area contributed by atoms with Gasteiger partial charge in [-0.15, -0.1) is 0 Å². The maximum absolute atomic E-state index is 8.56. The number of rotatable bonds is 6. The maximum Gasteiger partial charge on any atom is 0.254 e. The first-order valence-corrected chi connectivity index (χ1v) is 5.41. The molecule has 0 atom stereocenters. The Hall–Kier alpha value is -1.73. The molecule has 0 aliphatic heterocycles. The molecule has 2 heterocycles. The molecule has 0 radical (unpaired) electrons. The summed E-state index contributed by atoms with van der Waals surface area (Å²) in [4.78, 5) is 8.27. The van der Waals surface area contributed by atoms with E-state index in [9.17, 15) is 0 Å². The summed E-state index contributed by atoms with van der Waals surface area (Å²) < 4.78 is 6.79. The highest BCUT2D eigenvalue weighted by Crippen LogP contribution is 2.09. The van der Waals surface area contributed by atoms with Gasteiger partial charge < -0.3 is 15.2 Å². The number of fused-ring (bicyclic) bond motifs is 1. The molecule has 0 unspecified atom stereocenters. The van der Waals surface area contributed by atoms with Crippen molar-refractivity contribution < 1.29 is 9.84 Å².